The van der Waals surface area contributed by atoms with E-state index in [1.807, 2.05) is 24.5 Å². The van der Waals surface area contributed by atoms with Gasteiger partial charge >= 0.3 is 0 Å². The third-order valence-electron chi connectivity index (χ3n) is 6.13. The first-order valence-corrected chi connectivity index (χ1v) is 11.1. The number of nitrogens with one attached hydrogen (secondary N) is 2. The summed E-state index contributed by atoms with van der Waals surface area (Å²) in [6, 6.07) is 7.93. The number of hydrogen-bond acceptors (Lipinski definition) is 7. The lowest BCUT2D eigenvalue weighted by Gasteiger charge is -2.28. The van der Waals surface area contributed by atoms with Gasteiger partial charge in [0.25, 0.3) is 0 Å². The van der Waals surface area contributed by atoms with Crippen molar-refractivity contribution in [3.8, 4) is 0 Å². The Hall–Kier alpha value is -3.85. The normalized spacial score (nSPS) is 15.5. The van der Waals surface area contributed by atoms with Gasteiger partial charge < -0.3 is 15.5 Å². The standard InChI is InChI=1S/C24H23FN8/c25-21-14-28-23-6-2-17(15-33(21)23)18-3-4-20-19(18)13-30-24(31-20)29-12-16-1-5-22(27-11-16)32-9-7-26-8-10-32/h1-3,5-6,11,13-15,26H,4,7-10,12H2,(H,29,30,31). The molecule has 1 aliphatic carbocycles. The zero-order chi connectivity index (χ0) is 22.2. The number of anilines is 2. The van der Waals surface area contributed by atoms with Crippen LogP contribution in [0.5, 0.6) is 0 Å². The van der Waals surface area contributed by atoms with Crippen LogP contribution in [-0.4, -0.2) is 50.5 Å². The molecule has 33 heavy (non-hydrogen) atoms. The summed E-state index contributed by atoms with van der Waals surface area (Å²) in [6.45, 7) is 4.55. The third-order valence-corrected chi connectivity index (χ3v) is 6.13. The van der Waals surface area contributed by atoms with Gasteiger partial charge in [-0.1, -0.05) is 12.1 Å². The molecule has 2 N–H and O–H groups in total. The van der Waals surface area contributed by atoms with Gasteiger partial charge in [0.05, 0.1) is 11.9 Å². The minimum Gasteiger partial charge on any atom is -0.354 e. The number of pyridine rings is 2. The lowest BCUT2D eigenvalue weighted by Crippen LogP contribution is -2.43. The van der Waals surface area contributed by atoms with E-state index >= 15 is 0 Å². The number of fused-ring (bicyclic) bond motifs is 2. The summed E-state index contributed by atoms with van der Waals surface area (Å²) in [5.41, 5.74) is 5.52. The second-order valence-corrected chi connectivity index (χ2v) is 8.22. The zero-order valence-electron chi connectivity index (χ0n) is 18.0. The number of aromatic nitrogens is 5. The highest BCUT2D eigenvalue weighted by molar-refractivity contribution is 5.83. The Morgan fingerprint density at radius 3 is 2.76 bits per heavy atom. The van der Waals surface area contributed by atoms with Gasteiger partial charge in [0.15, 0.2) is 0 Å². The van der Waals surface area contributed by atoms with E-state index in [9.17, 15) is 4.39 Å². The van der Waals surface area contributed by atoms with Crippen LogP contribution in [0, 0.1) is 5.95 Å². The molecule has 0 aromatic carbocycles. The van der Waals surface area contributed by atoms with Gasteiger partial charge in [-0.3, -0.25) is 4.40 Å². The Kier molecular flexibility index (Phi) is 4.95. The lowest BCUT2D eigenvalue weighted by atomic mass is 10.0. The molecular weight excluding hydrogens is 419 g/mol. The summed E-state index contributed by atoms with van der Waals surface area (Å²) in [5.74, 6) is 1.23. The van der Waals surface area contributed by atoms with Crippen molar-refractivity contribution in [2.24, 2.45) is 0 Å². The molecule has 1 saturated heterocycles. The minimum atomic E-state index is -0.378. The summed E-state index contributed by atoms with van der Waals surface area (Å²) in [4.78, 5) is 20.2. The molecule has 166 valence electrons. The van der Waals surface area contributed by atoms with Gasteiger partial charge in [0.2, 0.25) is 11.9 Å². The number of rotatable bonds is 5. The Bertz CT molecular complexity index is 1340. The Balaban J connectivity index is 1.14. The molecule has 6 rings (SSSR count). The molecule has 0 amide bonds. The second-order valence-electron chi connectivity index (χ2n) is 8.22. The van der Waals surface area contributed by atoms with Crippen LogP contribution in [-0.2, 0) is 13.0 Å². The third kappa shape index (κ3) is 3.80. The monoisotopic (exact) mass is 442 g/mol. The van der Waals surface area contributed by atoms with Gasteiger partial charge in [0, 0.05) is 63.3 Å². The molecule has 5 heterocycles. The molecule has 2 aliphatic rings. The number of nitrogens with zero attached hydrogens (tertiary/aromatic N) is 6. The molecule has 0 unspecified atom stereocenters. The highest BCUT2D eigenvalue weighted by Gasteiger charge is 2.19. The van der Waals surface area contributed by atoms with Crippen LogP contribution in [0.2, 0.25) is 0 Å². The van der Waals surface area contributed by atoms with Crippen LogP contribution in [0.25, 0.3) is 11.2 Å². The summed E-state index contributed by atoms with van der Waals surface area (Å²) in [5, 5.41) is 6.66. The van der Waals surface area contributed by atoms with Crippen LogP contribution in [0.1, 0.15) is 22.4 Å². The van der Waals surface area contributed by atoms with Crippen LogP contribution in [0.4, 0.5) is 16.2 Å². The molecule has 0 radical (unpaired) electrons. The first kappa shape index (κ1) is 19.8. The molecule has 4 aromatic rings. The number of imidazole rings is 1. The SMILES string of the molecule is Fc1cnc2ccc(C3=CCc4nc(NCc5ccc(N6CCNCC6)nc5)ncc43)cn12. The van der Waals surface area contributed by atoms with E-state index in [2.05, 4.69) is 48.7 Å². The molecule has 0 bridgehead atoms. The summed E-state index contributed by atoms with van der Waals surface area (Å²) in [7, 11) is 0. The Morgan fingerprint density at radius 2 is 1.91 bits per heavy atom. The van der Waals surface area contributed by atoms with Crippen molar-refractivity contribution in [1.82, 2.24) is 29.7 Å². The van der Waals surface area contributed by atoms with Crippen molar-refractivity contribution >= 4 is 23.0 Å². The summed E-state index contributed by atoms with van der Waals surface area (Å²) < 4.78 is 15.4. The van der Waals surface area contributed by atoms with Crippen LogP contribution < -0.4 is 15.5 Å². The fraction of sp³-hybridized carbons (Fsp3) is 0.250. The molecular formula is C24H23FN8. The number of halogens is 1. The zero-order valence-corrected chi connectivity index (χ0v) is 18.0. The lowest BCUT2D eigenvalue weighted by molar-refractivity contribution is 0.573. The average molecular weight is 443 g/mol. The topological polar surface area (TPSA) is 83.3 Å². The first-order chi connectivity index (χ1) is 16.2. The van der Waals surface area contributed by atoms with Crippen molar-refractivity contribution < 1.29 is 4.39 Å². The minimum absolute atomic E-state index is 0.378. The van der Waals surface area contributed by atoms with E-state index in [1.165, 1.54) is 10.6 Å². The van der Waals surface area contributed by atoms with E-state index in [1.54, 1.807) is 6.20 Å². The maximum Gasteiger partial charge on any atom is 0.223 e. The molecule has 0 saturated carbocycles. The average Bonchev–Trinajstić information content (AvgIpc) is 3.46. The summed E-state index contributed by atoms with van der Waals surface area (Å²) >= 11 is 0. The van der Waals surface area contributed by atoms with Crippen LogP contribution >= 0.6 is 0 Å². The molecule has 8 nitrogen and oxygen atoms in total. The largest absolute Gasteiger partial charge is 0.354 e. The highest BCUT2D eigenvalue weighted by atomic mass is 19.1. The molecule has 9 heteroatoms. The van der Waals surface area contributed by atoms with Crippen molar-refractivity contribution in [2.75, 3.05) is 36.4 Å². The predicted molar refractivity (Wildman–Crippen MR) is 125 cm³/mol. The number of piperazine rings is 1. The summed E-state index contributed by atoms with van der Waals surface area (Å²) in [6.07, 6.45) is 9.56. The molecule has 1 aliphatic heterocycles. The van der Waals surface area contributed by atoms with Gasteiger partial charge in [-0.2, -0.15) is 4.39 Å². The van der Waals surface area contributed by atoms with Gasteiger partial charge in [-0.25, -0.2) is 19.9 Å². The quantitative estimate of drug-likeness (QED) is 0.492. The second kappa shape index (κ2) is 8.25. The van der Waals surface area contributed by atoms with E-state index < -0.39 is 0 Å². The van der Waals surface area contributed by atoms with Crippen LogP contribution in [0.15, 0.2) is 55.1 Å². The van der Waals surface area contributed by atoms with Gasteiger partial charge in [-0.05, 0) is 34.9 Å². The predicted octanol–water partition coefficient (Wildman–Crippen LogP) is 2.67. The van der Waals surface area contributed by atoms with Crippen molar-refractivity contribution in [1.29, 1.82) is 0 Å². The Labute approximate surface area is 190 Å². The fourth-order valence-electron chi connectivity index (χ4n) is 4.36. The smallest absolute Gasteiger partial charge is 0.223 e. The molecule has 0 spiro atoms. The van der Waals surface area contributed by atoms with Crippen LogP contribution in [0.3, 0.4) is 0 Å². The first-order valence-electron chi connectivity index (χ1n) is 11.1. The van der Waals surface area contributed by atoms with E-state index in [-0.39, 0.29) is 5.95 Å². The van der Waals surface area contributed by atoms with E-state index in [0.717, 1.165) is 60.0 Å². The maximum absolute atomic E-state index is 13.9. The molecule has 4 aromatic heterocycles. The van der Waals surface area contributed by atoms with Gasteiger partial charge in [-0.15, -0.1) is 0 Å². The number of hydrogen-bond donors (Lipinski definition) is 2. The van der Waals surface area contributed by atoms with Gasteiger partial charge in [0.1, 0.15) is 11.5 Å². The van der Waals surface area contributed by atoms with E-state index in [0.29, 0.717) is 24.6 Å². The molecule has 1 fully saturated rings. The van der Waals surface area contributed by atoms with Crippen molar-refractivity contribution in [3.63, 3.8) is 0 Å². The molecule has 0 atom stereocenters. The van der Waals surface area contributed by atoms with Crippen molar-refractivity contribution in [3.05, 3.63) is 83.5 Å². The maximum atomic E-state index is 13.9. The van der Waals surface area contributed by atoms with Crippen molar-refractivity contribution in [2.45, 2.75) is 13.0 Å². The van der Waals surface area contributed by atoms with E-state index in [4.69, 9.17) is 4.98 Å². The fourth-order valence-corrected chi connectivity index (χ4v) is 4.36. The number of allylic oxidation sites excluding steroid dienone is 1. The highest BCUT2D eigenvalue weighted by Crippen LogP contribution is 2.32. The Morgan fingerprint density at radius 1 is 1.00 bits per heavy atom.